The van der Waals surface area contributed by atoms with Crippen molar-refractivity contribution in [3.63, 3.8) is 0 Å². The van der Waals surface area contributed by atoms with E-state index in [1.165, 1.54) is 0 Å². The summed E-state index contributed by atoms with van der Waals surface area (Å²) in [6.45, 7) is 5.17. The molecule has 0 bridgehead atoms. The van der Waals surface area contributed by atoms with Crippen LogP contribution in [0.4, 0.5) is 0 Å². The maximum absolute atomic E-state index is 13.3. The Morgan fingerprint density at radius 2 is 2.03 bits per heavy atom. The van der Waals surface area contributed by atoms with Gasteiger partial charge in [0.1, 0.15) is 5.69 Å². The molecule has 0 spiro atoms. The third-order valence-electron chi connectivity index (χ3n) is 5.11. The first-order chi connectivity index (χ1) is 14.5. The maximum atomic E-state index is 13.3. The Morgan fingerprint density at radius 1 is 1.20 bits per heavy atom. The number of amides is 1. The molecule has 2 aromatic carbocycles. The molecule has 0 saturated heterocycles. The Bertz CT molecular complexity index is 1050. The SMILES string of the molecule is COC[C@H](C)N(Cc1cccc(C)c1)C(=O)c1cc(-c2ccc3c(c2)OCO3)n[nH]1. The van der Waals surface area contributed by atoms with Gasteiger partial charge in [-0.15, -0.1) is 0 Å². The van der Waals surface area contributed by atoms with Crippen molar-refractivity contribution >= 4 is 5.91 Å². The summed E-state index contributed by atoms with van der Waals surface area (Å²) in [5.41, 5.74) is 4.18. The Kier molecular flexibility index (Phi) is 5.72. The number of hydrogen-bond acceptors (Lipinski definition) is 5. The Hall–Kier alpha value is -3.32. The number of hydrogen-bond donors (Lipinski definition) is 1. The highest BCUT2D eigenvalue weighted by molar-refractivity contribution is 5.93. The van der Waals surface area contributed by atoms with Crippen LogP contribution >= 0.6 is 0 Å². The number of fused-ring (bicyclic) bond motifs is 1. The zero-order chi connectivity index (χ0) is 21.1. The average Bonchev–Trinajstić information content (AvgIpc) is 3.40. The van der Waals surface area contributed by atoms with Crippen molar-refractivity contribution in [1.82, 2.24) is 15.1 Å². The van der Waals surface area contributed by atoms with Gasteiger partial charge in [0.25, 0.3) is 5.91 Å². The number of nitrogens with one attached hydrogen (secondary N) is 1. The molecule has 7 nitrogen and oxygen atoms in total. The van der Waals surface area contributed by atoms with Gasteiger partial charge in [0.05, 0.1) is 18.3 Å². The van der Waals surface area contributed by atoms with Gasteiger partial charge in [0.2, 0.25) is 6.79 Å². The lowest BCUT2D eigenvalue weighted by molar-refractivity contribution is 0.0536. The summed E-state index contributed by atoms with van der Waals surface area (Å²) in [7, 11) is 1.64. The van der Waals surface area contributed by atoms with E-state index < -0.39 is 0 Å². The van der Waals surface area contributed by atoms with Gasteiger partial charge in [-0.25, -0.2) is 0 Å². The molecule has 2 heterocycles. The van der Waals surface area contributed by atoms with Crippen LogP contribution in [-0.4, -0.2) is 47.6 Å². The number of carbonyl (C=O) groups excluding carboxylic acids is 1. The lowest BCUT2D eigenvalue weighted by Crippen LogP contribution is -2.40. The van der Waals surface area contributed by atoms with Gasteiger partial charge in [0, 0.05) is 19.2 Å². The molecule has 7 heteroatoms. The summed E-state index contributed by atoms with van der Waals surface area (Å²) < 4.78 is 16.1. The minimum Gasteiger partial charge on any atom is -0.454 e. The molecular formula is C23H25N3O4. The molecular weight excluding hydrogens is 382 g/mol. The highest BCUT2D eigenvalue weighted by atomic mass is 16.7. The summed E-state index contributed by atoms with van der Waals surface area (Å²) in [5.74, 6) is 1.27. The number of ether oxygens (including phenoxy) is 3. The Labute approximate surface area is 175 Å². The molecule has 30 heavy (non-hydrogen) atoms. The molecule has 1 aliphatic rings. The van der Waals surface area contributed by atoms with Crippen molar-refractivity contribution in [1.29, 1.82) is 0 Å². The molecule has 3 aromatic rings. The second-order valence-electron chi connectivity index (χ2n) is 7.46. The molecule has 1 atom stereocenters. The largest absolute Gasteiger partial charge is 0.454 e. The summed E-state index contributed by atoms with van der Waals surface area (Å²) in [5, 5.41) is 7.23. The zero-order valence-electron chi connectivity index (χ0n) is 17.3. The molecule has 0 fully saturated rings. The minimum absolute atomic E-state index is 0.0969. The molecule has 1 N–H and O–H groups in total. The van der Waals surface area contributed by atoms with E-state index in [-0.39, 0.29) is 18.7 Å². The van der Waals surface area contributed by atoms with Crippen LogP contribution in [0.3, 0.4) is 0 Å². The number of H-pyrrole nitrogens is 1. The Balaban J connectivity index is 1.58. The normalized spacial score (nSPS) is 13.3. The van der Waals surface area contributed by atoms with Crippen molar-refractivity contribution < 1.29 is 19.0 Å². The number of rotatable bonds is 7. The minimum atomic E-state index is -0.124. The van der Waals surface area contributed by atoms with E-state index in [1.54, 1.807) is 18.1 Å². The lowest BCUT2D eigenvalue weighted by atomic mass is 10.1. The summed E-state index contributed by atoms with van der Waals surface area (Å²) in [4.78, 5) is 15.1. The van der Waals surface area contributed by atoms with Gasteiger partial charge < -0.3 is 19.1 Å². The number of aromatic amines is 1. The fourth-order valence-corrected chi connectivity index (χ4v) is 3.56. The molecule has 0 saturated carbocycles. The summed E-state index contributed by atoms with van der Waals surface area (Å²) in [6, 6.07) is 15.4. The third-order valence-corrected chi connectivity index (χ3v) is 5.11. The van der Waals surface area contributed by atoms with E-state index in [2.05, 4.69) is 16.3 Å². The van der Waals surface area contributed by atoms with Crippen LogP contribution in [0.25, 0.3) is 11.3 Å². The number of nitrogens with zero attached hydrogens (tertiary/aromatic N) is 2. The monoisotopic (exact) mass is 407 g/mol. The first kappa shape index (κ1) is 20.0. The van der Waals surface area contributed by atoms with Crippen molar-refractivity contribution in [2.75, 3.05) is 20.5 Å². The van der Waals surface area contributed by atoms with Crippen LogP contribution in [0.2, 0.25) is 0 Å². The predicted octanol–water partition coefficient (Wildman–Crippen LogP) is 3.79. The van der Waals surface area contributed by atoms with Crippen LogP contribution in [0.1, 0.15) is 28.5 Å². The molecule has 156 valence electrons. The standard InChI is InChI=1S/C23H25N3O4/c1-15-5-4-6-17(9-15)12-26(16(2)13-28-3)23(27)20-11-19(24-25-20)18-7-8-21-22(10-18)30-14-29-21/h4-11,16H,12-14H2,1-3H3,(H,24,25)/t16-/m0/s1. The van der Waals surface area contributed by atoms with Crippen LogP contribution in [0, 0.1) is 6.92 Å². The second kappa shape index (κ2) is 8.59. The maximum Gasteiger partial charge on any atom is 0.272 e. The van der Waals surface area contributed by atoms with Crippen molar-refractivity contribution in [3.8, 4) is 22.8 Å². The number of aryl methyl sites for hydroxylation is 1. The van der Waals surface area contributed by atoms with Gasteiger partial charge >= 0.3 is 0 Å². The van der Waals surface area contributed by atoms with E-state index in [9.17, 15) is 4.79 Å². The van der Waals surface area contributed by atoms with Crippen LogP contribution in [0.15, 0.2) is 48.5 Å². The Morgan fingerprint density at radius 3 is 2.83 bits per heavy atom. The highest BCUT2D eigenvalue weighted by Crippen LogP contribution is 2.35. The van der Waals surface area contributed by atoms with Gasteiger partial charge in [-0.05, 0) is 43.7 Å². The quantitative estimate of drug-likeness (QED) is 0.645. The van der Waals surface area contributed by atoms with Gasteiger partial charge in [0.15, 0.2) is 11.5 Å². The number of aromatic nitrogens is 2. The van der Waals surface area contributed by atoms with Crippen molar-refractivity contribution in [2.45, 2.75) is 26.4 Å². The zero-order valence-corrected chi connectivity index (χ0v) is 17.3. The number of carbonyl (C=O) groups is 1. The van der Waals surface area contributed by atoms with Crippen molar-refractivity contribution in [2.24, 2.45) is 0 Å². The summed E-state index contributed by atoms with van der Waals surface area (Å²) >= 11 is 0. The first-order valence-corrected chi connectivity index (χ1v) is 9.86. The predicted molar refractivity (Wildman–Crippen MR) is 113 cm³/mol. The van der Waals surface area contributed by atoms with Crippen LogP contribution in [0.5, 0.6) is 11.5 Å². The van der Waals surface area contributed by atoms with Crippen LogP contribution in [-0.2, 0) is 11.3 Å². The fourth-order valence-electron chi connectivity index (χ4n) is 3.56. The fraction of sp³-hybridized carbons (Fsp3) is 0.304. The lowest BCUT2D eigenvalue weighted by Gasteiger charge is -2.28. The average molecular weight is 407 g/mol. The molecule has 0 aliphatic carbocycles. The van der Waals surface area contributed by atoms with E-state index in [1.807, 2.05) is 50.2 Å². The van der Waals surface area contributed by atoms with Crippen molar-refractivity contribution in [3.05, 3.63) is 65.4 Å². The van der Waals surface area contributed by atoms with Gasteiger partial charge in [-0.2, -0.15) is 5.10 Å². The number of methoxy groups -OCH3 is 1. The smallest absolute Gasteiger partial charge is 0.272 e. The van der Waals surface area contributed by atoms with E-state index in [4.69, 9.17) is 14.2 Å². The first-order valence-electron chi connectivity index (χ1n) is 9.86. The molecule has 1 amide bonds. The molecule has 1 aliphatic heterocycles. The molecule has 4 rings (SSSR count). The van der Waals surface area contributed by atoms with E-state index in [0.29, 0.717) is 36.0 Å². The molecule has 0 radical (unpaired) electrons. The molecule has 0 unspecified atom stereocenters. The van der Waals surface area contributed by atoms with Gasteiger partial charge in [-0.1, -0.05) is 29.8 Å². The highest BCUT2D eigenvalue weighted by Gasteiger charge is 2.24. The van der Waals surface area contributed by atoms with Crippen LogP contribution < -0.4 is 9.47 Å². The number of benzene rings is 2. The van der Waals surface area contributed by atoms with E-state index in [0.717, 1.165) is 16.7 Å². The van der Waals surface area contributed by atoms with Gasteiger partial charge in [-0.3, -0.25) is 9.89 Å². The second-order valence-corrected chi connectivity index (χ2v) is 7.46. The topological polar surface area (TPSA) is 76.7 Å². The summed E-state index contributed by atoms with van der Waals surface area (Å²) in [6.07, 6.45) is 0. The van der Waals surface area contributed by atoms with E-state index >= 15 is 0 Å². The third kappa shape index (κ3) is 4.16. The molecule has 1 aromatic heterocycles.